The summed E-state index contributed by atoms with van der Waals surface area (Å²) in [6.07, 6.45) is 1.90. The molecule has 2 aromatic rings. The lowest BCUT2D eigenvalue weighted by molar-refractivity contribution is 0.419. The second-order valence-electron chi connectivity index (χ2n) is 5.49. The Morgan fingerprint density at radius 1 is 1.26 bits per heavy atom. The smallest absolute Gasteiger partial charge is 0.260 e. The Hall–Kier alpha value is -1.84. The van der Waals surface area contributed by atoms with E-state index in [0.717, 1.165) is 35.4 Å². The normalized spacial score (nSPS) is 11.2. The third kappa shape index (κ3) is 3.13. The zero-order valence-corrected chi connectivity index (χ0v) is 12.0. The zero-order valence-electron chi connectivity index (χ0n) is 12.0. The molecule has 0 aliphatic heterocycles. The van der Waals surface area contributed by atoms with E-state index in [1.165, 1.54) is 0 Å². The molecule has 0 atom stereocenters. The maximum Gasteiger partial charge on any atom is 0.260 e. The number of aryl methyl sites for hydroxylation is 3. The summed E-state index contributed by atoms with van der Waals surface area (Å²) in [4.78, 5) is 4.44. The summed E-state index contributed by atoms with van der Waals surface area (Å²) in [6.45, 7) is 8.39. The van der Waals surface area contributed by atoms with E-state index in [0.29, 0.717) is 17.5 Å². The Morgan fingerprint density at radius 3 is 2.68 bits per heavy atom. The lowest BCUT2D eigenvalue weighted by atomic mass is 10.0. The van der Waals surface area contributed by atoms with Gasteiger partial charge in [0.15, 0.2) is 5.82 Å². The molecule has 0 amide bonds. The van der Waals surface area contributed by atoms with Crippen LogP contribution in [-0.2, 0) is 6.42 Å². The first-order chi connectivity index (χ1) is 8.97. The lowest BCUT2D eigenvalue weighted by Gasteiger charge is -2.06. The van der Waals surface area contributed by atoms with Gasteiger partial charge in [-0.3, -0.25) is 0 Å². The summed E-state index contributed by atoms with van der Waals surface area (Å²) < 4.78 is 5.33. The summed E-state index contributed by atoms with van der Waals surface area (Å²) in [5.41, 5.74) is 9.81. The van der Waals surface area contributed by atoms with Crippen molar-refractivity contribution in [3.63, 3.8) is 0 Å². The fourth-order valence-corrected chi connectivity index (χ4v) is 2.04. The SMILES string of the molecule is Cc1cc(C)c(N)c(-c2nc(CCC(C)C)no2)c1. The molecule has 1 aromatic heterocycles. The molecule has 0 saturated carbocycles. The first-order valence-electron chi connectivity index (χ1n) is 6.67. The Morgan fingerprint density at radius 2 is 2.00 bits per heavy atom. The van der Waals surface area contributed by atoms with Crippen LogP contribution >= 0.6 is 0 Å². The van der Waals surface area contributed by atoms with Gasteiger partial charge in [-0.15, -0.1) is 0 Å². The van der Waals surface area contributed by atoms with Gasteiger partial charge in [0.25, 0.3) is 5.89 Å². The first kappa shape index (κ1) is 13.6. The first-order valence-corrected chi connectivity index (χ1v) is 6.67. The highest BCUT2D eigenvalue weighted by Gasteiger charge is 2.13. The van der Waals surface area contributed by atoms with Gasteiger partial charge in [-0.2, -0.15) is 4.98 Å². The van der Waals surface area contributed by atoms with Crippen LogP contribution in [0.3, 0.4) is 0 Å². The minimum absolute atomic E-state index is 0.517. The number of aromatic nitrogens is 2. The quantitative estimate of drug-likeness (QED) is 0.853. The van der Waals surface area contributed by atoms with Crippen LogP contribution in [0.1, 0.15) is 37.2 Å². The molecule has 0 saturated heterocycles. The van der Waals surface area contributed by atoms with Gasteiger partial charge in [-0.05, 0) is 43.4 Å². The van der Waals surface area contributed by atoms with E-state index < -0.39 is 0 Å². The Balaban J connectivity index is 2.28. The van der Waals surface area contributed by atoms with Gasteiger partial charge in [-0.25, -0.2) is 0 Å². The zero-order chi connectivity index (χ0) is 14.0. The summed E-state index contributed by atoms with van der Waals surface area (Å²) in [5, 5.41) is 4.02. The van der Waals surface area contributed by atoms with Crippen LogP contribution in [-0.4, -0.2) is 10.1 Å². The van der Waals surface area contributed by atoms with E-state index in [1.807, 2.05) is 19.9 Å². The summed E-state index contributed by atoms with van der Waals surface area (Å²) >= 11 is 0. The molecule has 0 aliphatic carbocycles. The Labute approximate surface area is 114 Å². The molecule has 102 valence electrons. The van der Waals surface area contributed by atoms with E-state index >= 15 is 0 Å². The molecule has 4 nitrogen and oxygen atoms in total. The molecule has 0 fully saturated rings. The van der Waals surface area contributed by atoms with Gasteiger partial charge in [0.2, 0.25) is 0 Å². The van der Waals surface area contributed by atoms with Crippen LogP contribution in [0.5, 0.6) is 0 Å². The highest BCUT2D eigenvalue weighted by Crippen LogP contribution is 2.28. The van der Waals surface area contributed by atoms with Crippen LogP contribution < -0.4 is 5.73 Å². The fourth-order valence-electron chi connectivity index (χ4n) is 2.04. The van der Waals surface area contributed by atoms with Crippen LogP contribution in [0.25, 0.3) is 11.5 Å². The molecule has 0 bridgehead atoms. The highest BCUT2D eigenvalue weighted by atomic mass is 16.5. The van der Waals surface area contributed by atoms with Gasteiger partial charge >= 0.3 is 0 Å². The molecule has 0 radical (unpaired) electrons. The van der Waals surface area contributed by atoms with E-state index in [-0.39, 0.29) is 0 Å². The van der Waals surface area contributed by atoms with Gasteiger partial charge in [-0.1, -0.05) is 25.1 Å². The van der Waals surface area contributed by atoms with Gasteiger partial charge in [0.1, 0.15) is 0 Å². The van der Waals surface area contributed by atoms with E-state index in [4.69, 9.17) is 10.3 Å². The maximum absolute atomic E-state index is 6.09. The number of nitrogens with two attached hydrogens (primary N) is 1. The van der Waals surface area contributed by atoms with Crippen molar-refractivity contribution in [3.8, 4) is 11.5 Å². The molecular weight excluding hydrogens is 238 g/mol. The Kier molecular flexibility index (Phi) is 3.88. The third-order valence-corrected chi connectivity index (χ3v) is 3.17. The average molecular weight is 259 g/mol. The van der Waals surface area contributed by atoms with Gasteiger partial charge in [0, 0.05) is 12.1 Å². The molecule has 2 rings (SSSR count). The summed E-state index contributed by atoms with van der Waals surface area (Å²) in [6, 6.07) is 4.04. The molecule has 1 heterocycles. The maximum atomic E-state index is 6.09. The number of nitrogens with zero attached hydrogens (tertiary/aromatic N) is 2. The molecule has 4 heteroatoms. The minimum atomic E-state index is 0.517. The van der Waals surface area contributed by atoms with Crippen LogP contribution in [0.4, 0.5) is 5.69 Å². The lowest BCUT2D eigenvalue weighted by Crippen LogP contribution is -1.96. The standard InChI is InChI=1S/C15H21N3O/c1-9(2)5-6-13-17-15(19-18-13)12-8-10(3)7-11(4)14(12)16/h7-9H,5-6,16H2,1-4H3. The highest BCUT2D eigenvalue weighted by molar-refractivity contribution is 5.74. The molecule has 0 aliphatic rings. The predicted molar refractivity (Wildman–Crippen MR) is 76.8 cm³/mol. The molecular formula is C15H21N3O. The second-order valence-corrected chi connectivity index (χ2v) is 5.49. The molecule has 1 aromatic carbocycles. The fraction of sp³-hybridized carbons (Fsp3) is 0.467. The van der Waals surface area contributed by atoms with Gasteiger partial charge < -0.3 is 10.3 Å². The monoisotopic (exact) mass is 259 g/mol. The van der Waals surface area contributed by atoms with Crippen molar-refractivity contribution in [2.75, 3.05) is 5.73 Å². The molecule has 0 spiro atoms. The van der Waals surface area contributed by atoms with E-state index in [2.05, 4.69) is 30.1 Å². The van der Waals surface area contributed by atoms with Crippen molar-refractivity contribution in [2.24, 2.45) is 5.92 Å². The number of hydrogen-bond donors (Lipinski definition) is 1. The van der Waals surface area contributed by atoms with E-state index in [9.17, 15) is 0 Å². The number of benzene rings is 1. The van der Waals surface area contributed by atoms with Crippen LogP contribution in [0.15, 0.2) is 16.7 Å². The summed E-state index contributed by atoms with van der Waals surface area (Å²) in [7, 11) is 0. The largest absolute Gasteiger partial charge is 0.398 e. The van der Waals surface area contributed by atoms with Crippen LogP contribution in [0, 0.1) is 19.8 Å². The van der Waals surface area contributed by atoms with Crippen molar-refractivity contribution in [1.29, 1.82) is 0 Å². The van der Waals surface area contributed by atoms with Gasteiger partial charge in [0.05, 0.1) is 5.56 Å². The van der Waals surface area contributed by atoms with Crippen molar-refractivity contribution < 1.29 is 4.52 Å². The molecule has 19 heavy (non-hydrogen) atoms. The molecule has 2 N–H and O–H groups in total. The number of hydrogen-bond acceptors (Lipinski definition) is 4. The summed E-state index contributed by atoms with van der Waals surface area (Å²) in [5.74, 6) is 1.90. The Bertz CT molecular complexity index is 573. The minimum Gasteiger partial charge on any atom is -0.398 e. The number of rotatable bonds is 4. The van der Waals surface area contributed by atoms with E-state index in [1.54, 1.807) is 0 Å². The van der Waals surface area contributed by atoms with Crippen LogP contribution in [0.2, 0.25) is 0 Å². The van der Waals surface area contributed by atoms with Crippen molar-refractivity contribution in [3.05, 3.63) is 29.1 Å². The van der Waals surface area contributed by atoms with Crippen molar-refractivity contribution in [2.45, 2.75) is 40.5 Å². The van der Waals surface area contributed by atoms with Crippen molar-refractivity contribution in [1.82, 2.24) is 10.1 Å². The number of anilines is 1. The number of nitrogen functional groups attached to an aromatic ring is 1. The third-order valence-electron chi connectivity index (χ3n) is 3.17. The van der Waals surface area contributed by atoms with Crippen molar-refractivity contribution >= 4 is 5.69 Å². The molecule has 0 unspecified atom stereocenters. The topological polar surface area (TPSA) is 64.9 Å². The predicted octanol–water partition coefficient (Wildman–Crippen LogP) is 3.52. The second kappa shape index (κ2) is 5.43. The average Bonchev–Trinajstić information content (AvgIpc) is 2.79.